The molecule has 1 aromatic carbocycles. The molecule has 0 heterocycles. The molecule has 0 aliphatic heterocycles. The van der Waals surface area contributed by atoms with E-state index < -0.39 is 12.7 Å². The number of hydrogen-bond donors (Lipinski definition) is 2. The van der Waals surface area contributed by atoms with E-state index in [4.69, 9.17) is 4.74 Å². The molecule has 0 fully saturated rings. The summed E-state index contributed by atoms with van der Waals surface area (Å²) in [6.07, 6.45) is -0.620. The Balaban J connectivity index is 2.27. The molecule has 1 unspecified atom stereocenters. The first-order valence-electron chi connectivity index (χ1n) is 6.52. The van der Waals surface area contributed by atoms with Crippen LogP contribution in [0.15, 0.2) is 24.3 Å². The van der Waals surface area contributed by atoms with Crippen LogP contribution in [-0.4, -0.2) is 37.6 Å². The molecule has 0 spiro atoms. The van der Waals surface area contributed by atoms with E-state index in [1.165, 1.54) is 12.1 Å². The number of aliphatic hydroxyl groups is 1. The summed E-state index contributed by atoms with van der Waals surface area (Å²) >= 11 is 0. The molecule has 114 valence electrons. The van der Waals surface area contributed by atoms with Gasteiger partial charge in [0.2, 0.25) is 0 Å². The van der Waals surface area contributed by atoms with Gasteiger partial charge in [-0.1, -0.05) is 13.8 Å². The molecule has 0 saturated carbocycles. The second-order valence-corrected chi connectivity index (χ2v) is 4.87. The minimum atomic E-state index is -2.83. The SMILES string of the molecule is CC(C)COCC(O)CNc1ccc(OC(F)F)cc1. The van der Waals surface area contributed by atoms with Crippen LogP contribution in [0.5, 0.6) is 5.75 Å². The van der Waals surface area contributed by atoms with Crippen molar-refractivity contribution in [2.75, 3.05) is 25.1 Å². The number of hydrogen-bond acceptors (Lipinski definition) is 4. The summed E-state index contributed by atoms with van der Waals surface area (Å²) in [5.74, 6) is 0.531. The maximum absolute atomic E-state index is 12.0. The molecule has 2 N–H and O–H groups in total. The Hall–Kier alpha value is -1.40. The maximum atomic E-state index is 12.0. The summed E-state index contributed by atoms with van der Waals surface area (Å²) in [5, 5.41) is 12.7. The van der Waals surface area contributed by atoms with Gasteiger partial charge in [-0.05, 0) is 30.2 Å². The number of nitrogens with one attached hydrogen (secondary N) is 1. The van der Waals surface area contributed by atoms with Crippen molar-refractivity contribution in [2.24, 2.45) is 5.92 Å². The number of halogens is 2. The number of rotatable bonds is 9. The minimum absolute atomic E-state index is 0.103. The highest BCUT2D eigenvalue weighted by Crippen LogP contribution is 2.17. The van der Waals surface area contributed by atoms with Crippen LogP contribution in [0, 0.1) is 5.92 Å². The largest absolute Gasteiger partial charge is 0.435 e. The van der Waals surface area contributed by atoms with Gasteiger partial charge in [0.25, 0.3) is 0 Å². The van der Waals surface area contributed by atoms with Crippen molar-refractivity contribution in [2.45, 2.75) is 26.6 Å². The van der Waals surface area contributed by atoms with Crippen LogP contribution in [0.4, 0.5) is 14.5 Å². The Morgan fingerprint density at radius 2 is 1.80 bits per heavy atom. The van der Waals surface area contributed by atoms with E-state index >= 15 is 0 Å². The predicted molar refractivity (Wildman–Crippen MR) is 73.2 cm³/mol. The molecule has 0 aliphatic carbocycles. The lowest BCUT2D eigenvalue weighted by atomic mass is 10.2. The summed E-state index contributed by atoms with van der Waals surface area (Å²) in [6, 6.07) is 6.10. The van der Waals surface area contributed by atoms with Gasteiger partial charge in [0.05, 0.1) is 12.7 Å². The smallest absolute Gasteiger partial charge is 0.387 e. The molecule has 20 heavy (non-hydrogen) atoms. The van der Waals surface area contributed by atoms with Gasteiger partial charge in [-0.15, -0.1) is 0 Å². The van der Waals surface area contributed by atoms with Crippen LogP contribution in [-0.2, 0) is 4.74 Å². The van der Waals surface area contributed by atoms with Crippen molar-refractivity contribution in [3.63, 3.8) is 0 Å². The molecular weight excluding hydrogens is 268 g/mol. The van der Waals surface area contributed by atoms with Crippen molar-refractivity contribution in [1.82, 2.24) is 0 Å². The van der Waals surface area contributed by atoms with Crippen molar-refractivity contribution < 1.29 is 23.4 Å². The van der Waals surface area contributed by atoms with Gasteiger partial charge in [0.1, 0.15) is 5.75 Å². The Labute approximate surface area is 117 Å². The van der Waals surface area contributed by atoms with E-state index in [2.05, 4.69) is 10.1 Å². The number of benzene rings is 1. The summed E-state index contributed by atoms with van der Waals surface area (Å²) in [7, 11) is 0. The van der Waals surface area contributed by atoms with E-state index in [1.807, 2.05) is 13.8 Å². The van der Waals surface area contributed by atoms with Gasteiger partial charge < -0.3 is 19.9 Å². The van der Waals surface area contributed by atoms with Crippen LogP contribution < -0.4 is 10.1 Å². The average Bonchev–Trinajstić information content (AvgIpc) is 2.37. The molecule has 0 radical (unpaired) electrons. The van der Waals surface area contributed by atoms with Gasteiger partial charge in [0, 0.05) is 18.8 Å². The molecule has 0 aromatic heterocycles. The summed E-state index contributed by atoms with van der Waals surface area (Å²) in [6.45, 7) is 2.44. The molecule has 0 saturated heterocycles. The van der Waals surface area contributed by atoms with Crippen LogP contribution in [0.3, 0.4) is 0 Å². The zero-order valence-electron chi connectivity index (χ0n) is 11.7. The lowest BCUT2D eigenvalue weighted by Gasteiger charge is -2.14. The first-order chi connectivity index (χ1) is 9.47. The highest BCUT2D eigenvalue weighted by molar-refractivity contribution is 5.46. The third-order valence-electron chi connectivity index (χ3n) is 2.38. The van der Waals surface area contributed by atoms with Crippen molar-refractivity contribution >= 4 is 5.69 Å². The fourth-order valence-electron chi connectivity index (χ4n) is 1.49. The molecule has 0 bridgehead atoms. The minimum Gasteiger partial charge on any atom is -0.435 e. The summed E-state index contributed by atoms with van der Waals surface area (Å²) in [4.78, 5) is 0. The first-order valence-corrected chi connectivity index (χ1v) is 6.52. The lowest BCUT2D eigenvalue weighted by molar-refractivity contribution is -0.0498. The second kappa shape index (κ2) is 8.71. The Kier molecular flexibility index (Phi) is 7.25. The van der Waals surface area contributed by atoms with Crippen LogP contribution in [0.25, 0.3) is 0 Å². The molecule has 4 nitrogen and oxygen atoms in total. The van der Waals surface area contributed by atoms with Crippen molar-refractivity contribution in [3.8, 4) is 5.75 Å². The van der Waals surface area contributed by atoms with E-state index in [0.717, 1.165) is 5.69 Å². The zero-order valence-corrected chi connectivity index (χ0v) is 11.7. The molecule has 1 aromatic rings. The summed E-state index contributed by atoms with van der Waals surface area (Å²) < 4.78 is 33.5. The topological polar surface area (TPSA) is 50.7 Å². The van der Waals surface area contributed by atoms with Gasteiger partial charge in [-0.25, -0.2) is 0 Å². The predicted octanol–water partition coefficient (Wildman–Crippen LogP) is 2.73. The fourth-order valence-corrected chi connectivity index (χ4v) is 1.49. The van der Waals surface area contributed by atoms with Gasteiger partial charge in [-0.3, -0.25) is 0 Å². The van der Waals surface area contributed by atoms with Crippen LogP contribution >= 0.6 is 0 Å². The van der Waals surface area contributed by atoms with E-state index in [-0.39, 0.29) is 12.4 Å². The molecule has 6 heteroatoms. The van der Waals surface area contributed by atoms with E-state index in [0.29, 0.717) is 19.1 Å². The number of alkyl halides is 2. The van der Waals surface area contributed by atoms with Crippen molar-refractivity contribution in [1.29, 1.82) is 0 Å². The first kappa shape index (κ1) is 16.7. The number of anilines is 1. The highest BCUT2D eigenvalue weighted by atomic mass is 19.3. The van der Waals surface area contributed by atoms with Crippen LogP contribution in [0.1, 0.15) is 13.8 Å². The quantitative estimate of drug-likeness (QED) is 0.734. The second-order valence-electron chi connectivity index (χ2n) is 4.87. The molecule has 0 amide bonds. The third-order valence-corrected chi connectivity index (χ3v) is 2.38. The maximum Gasteiger partial charge on any atom is 0.387 e. The zero-order chi connectivity index (χ0) is 15.0. The van der Waals surface area contributed by atoms with Crippen LogP contribution in [0.2, 0.25) is 0 Å². The third kappa shape index (κ3) is 7.25. The van der Waals surface area contributed by atoms with Gasteiger partial charge in [0.15, 0.2) is 0 Å². The molecular formula is C14H21F2NO3. The number of ether oxygens (including phenoxy) is 2. The van der Waals surface area contributed by atoms with Gasteiger partial charge >= 0.3 is 6.61 Å². The lowest BCUT2D eigenvalue weighted by Crippen LogP contribution is -2.25. The normalized spacial score (nSPS) is 12.8. The average molecular weight is 289 g/mol. The fraction of sp³-hybridized carbons (Fsp3) is 0.571. The molecule has 1 rings (SSSR count). The Morgan fingerprint density at radius 3 is 2.35 bits per heavy atom. The molecule has 0 aliphatic rings. The Bertz CT molecular complexity index is 371. The summed E-state index contributed by atoms with van der Waals surface area (Å²) in [5.41, 5.74) is 0.717. The van der Waals surface area contributed by atoms with Gasteiger partial charge in [-0.2, -0.15) is 8.78 Å². The highest BCUT2D eigenvalue weighted by Gasteiger charge is 2.06. The standard InChI is InChI=1S/C14H21F2NO3/c1-10(2)8-19-9-12(18)7-17-11-3-5-13(6-4-11)20-14(15)16/h3-6,10,12,14,17-18H,7-9H2,1-2H3. The monoisotopic (exact) mass is 289 g/mol. The Morgan fingerprint density at radius 1 is 1.15 bits per heavy atom. The van der Waals surface area contributed by atoms with E-state index in [1.54, 1.807) is 12.1 Å². The van der Waals surface area contributed by atoms with Crippen molar-refractivity contribution in [3.05, 3.63) is 24.3 Å². The number of aliphatic hydroxyl groups excluding tert-OH is 1. The molecule has 1 atom stereocenters. The van der Waals surface area contributed by atoms with E-state index in [9.17, 15) is 13.9 Å².